The van der Waals surface area contributed by atoms with E-state index >= 15 is 0 Å². The minimum atomic E-state index is -0.343. The first-order valence-corrected chi connectivity index (χ1v) is 13.8. The van der Waals surface area contributed by atoms with Crippen molar-refractivity contribution in [1.82, 2.24) is 14.8 Å². The Balaban J connectivity index is 1.18. The molecular weight excluding hydrogens is 479 g/mol. The number of carbonyl (C=O) groups excluding carboxylic acids is 2. The van der Waals surface area contributed by atoms with Crippen LogP contribution in [0.4, 0.5) is 10.2 Å². The minimum Gasteiger partial charge on any atom is -0.310 e. The average Bonchev–Trinajstić information content (AvgIpc) is 3.78. The summed E-state index contributed by atoms with van der Waals surface area (Å²) in [5, 5.41) is 7.66. The van der Waals surface area contributed by atoms with Gasteiger partial charge in [0, 0.05) is 42.6 Å². The predicted molar refractivity (Wildman–Crippen MR) is 145 cm³/mol. The number of Topliss-reactive ketones (excluding diaryl/α,β-unsaturated/α-hetero) is 1. The molecule has 0 unspecified atom stereocenters. The molecule has 2 aromatic heterocycles. The smallest absolute Gasteiger partial charge is 0.228 e. The predicted octanol–water partition coefficient (Wildman–Crippen LogP) is 5.61. The van der Waals surface area contributed by atoms with Crippen LogP contribution in [-0.2, 0) is 47.2 Å². The zero-order valence-corrected chi connectivity index (χ0v) is 22.6. The van der Waals surface area contributed by atoms with Gasteiger partial charge in [0.2, 0.25) is 5.91 Å². The maximum atomic E-state index is 15.0. The van der Waals surface area contributed by atoms with Gasteiger partial charge in [0.05, 0.1) is 5.69 Å². The number of hydrogen-bond donors (Lipinski definition) is 1. The fraction of sp³-hybridized carbons (Fsp3) is 0.484. The normalized spacial score (nSPS) is 15.5. The van der Waals surface area contributed by atoms with E-state index in [4.69, 9.17) is 5.10 Å². The summed E-state index contributed by atoms with van der Waals surface area (Å²) >= 11 is 0. The molecule has 6 nitrogen and oxygen atoms in total. The number of nitrogens with zero attached hydrogens (tertiary/aromatic N) is 3. The van der Waals surface area contributed by atoms with Gasteiger partial charge in [-0.1, -0.05) is 32.9 Å². The molecule has 0 bridgehead atoms. The Hall–Kier alpha value is -3.35. The highest BCUT2D eigenvalue weighted by molar-refractivity contribution is 5.93. The van der Waals surface area contributed by atoms with Gasteiger partial charge in [-0.25, -0.2) is 9.37 Å². The molecule has 200 valence electrons. The summed E-state index contributed by atoms with van der Waals surface area (Å²) in [4.78, 5) is 29.2. The van der Waals surface area contributed by atoms with E-state index in [1.807, 2.05) is 28.9 Å². The van der Waals surface area contributed by atoms with Crippen LogP contribution in [0.5, 0.6) is 0 Å². The van der Waals surface area contributed by atoms with E-state index in [1.165, 1.54) is 18.9 Å². The van der Waals surface area contributed by atoms with Crippen molar-refractivity contribution in [2.75, 3.05) is 5.32 Å². The standard InChI is InChI=1S/C31H37FN4O2/c1-31(2,3)28-18-25(36(35-28)19-22-6-7-22)17-26(37)16-24-9-8-20(14-27(24)32)4-5-21-12-13-33-29(15-21)34-30(38)23-10-11-23/h8-9,12-15,18,22-23H,4-7,10-11,16-17,19H2,1-3H3,(H,33,34,38). The highest BCUT2D eigenvalue weighted by Crippen LogP contribution is 2.32. The van der Waals surface area contributed by atoms with E-state index in [1.54, 1.807) is 12.3 Å². The second kappa shape index (κ2) is 10.8. The molecule has 2 aliphatic carbocycles. The van der Waals surface area contributed by atoms with Crippen molar-refractivity contribution >= 4 is 17.5 Å². The fourth-order valence-electron chi connectivity index (χ4n) is 4.59. The second-order valence-corrected chi connectivity index (χ2v) is 12.0. The number of aromatic nitrogens is 3. The summed E-state index contributed by atoms with van der Waals surface area (Å²) in [6, 6.07) is 11.0. The first-order valence-electron chi connectivity index (χ1n) is 13.8. The van der Waals surface area contributed by atoms with Crippen LogP contribution in [0.25, 0.3) is 0 Å². The van der Waals surface area contributed by atoms with E-state index in [2.05, 4.69) is 31.1 Å². The van der Waals surface area contributed by atoms with Crippen molar-refractivity contribution in [3.63, 3.8) is 0 Å². The number of hydrogen-bond acceptors (Lipinski definition) is 4. The molecule has 0 radical (unpaired) electrons. The molecule has 2 saturated carbocycles. The second-order valence-electron chi connectivity index (χ2n) is 12.0. The van der Waals surface area contributed by atoms with Gasteiger partial charge < -0.3 is 5.32 Å². The van der Waals surface area contributed by atoms with Crippen molar-refractivity contribution in [3.05, 3.63) is 76.5 Å². The maximum absolute atomic E-state index is 15.0. The zero-order chi connectivity index (χ0) is 26.9. The molecule has 1 N–H and O–H groups in total. The van der Waals surface area contributed by atoms with Crippen molar-refractivity contribution in [3.8, 4) is 0 Å². The summed E-state index contributed by atoms with van der Waals surface area (Å²) < 4.78 is 17.0. The van der Waals surface area contributed by atoms with Crippen LogP contribution in [0, 0.1) is 17.7 Å². The molecule has 5 rings (SSSR count). The third kappa shape index (κ3) is 6.94. The highest BCUT2D eigenvalue weighted by Gasteiger charge is 2.30. The van der Waals surface area contributed by atoms with Crippen LogP contribution in [-0.4, -0.2) is 26.5 Å². The lowest BCUT2D eigenvalue weighted by molar-refractivity contribution is -0.118. The monoisotopic (exact) mass is 516 g/mol. The molecule has 0 atom stereocenters. The van der Waals surface area contributed by atoms with Crippen molar-refractivity contribution < 1.29 is 14.0 Å². The van der Waals surface area contributed by atoms with Crippen LogP contribution in [0.2, 0.25) is 0 Å². The lowest BCUT2D eigenvalue weighted by Crippen LogP contribution is -2.15. The Morgan fingerprint density at radius 2 is 1.74 bits per heavy atom. The van der Waals surface area contributed by atoms with Crippen LogP contribution in [0.15, 0.2) is 42.6 Å². The summed E-state index contributed by atoms with van der Waals surface area (Å²) in [6.07, 6.45) is 7.70. The first kappa shape index (κ1) is 26.3. The Morgan fingerprint density at radius 1 is 1.00 bits per heavy atom. The number of amides is 1. The van der Waals surface area contributed by atoms with Crippen LogP contribution < -0.4 is 5.32 Å². The molecule has 0 aliphatic heterocycles. The molecule has 2 aliphatic rings. The van der Waals surface area contributed by atoms with Gasteiger partial charge in [0.15, 0.2) is 0 Å². The van der Waals surface area contributed by atoms with E-state index in [0.717, 1.165) is 41.9 Å². The molecule has 0 spiro atoms. The number of benzene rings is 1. The number of aryl methyl sites for hydroxylation is 2. The molecule has 2 fully saturated rings. The molecule has 3 aromatic rings. The summed E-state index contributed by atoms with van der Waals surface area (Å²) in [5.74, 6) is 1.02. The van der Waals surface area contributed by atoms with Gasteiger partial charge in [0.25, 0.3) is 0 Å². The zero-order valence-electron chi connectivity index (χ0n) is 22.6. The Kier molecular flexibility index (Phi) is 7.46. The summed E-state index contributed by atoms with van der Waals surface area (Å²) in [6.45, 7) is 7.23. The Morgan fingerprint density at radius 3 is 2.39 bits per heavy atom. The number of halogens is 1. The number of nitrogens with one attached hydrogen (secondary N) is 1. The quantitative estimate of drug-likeness (QED) is 0.359. The molecule has 38 heavy (non-hydrogen) atoms. The minimum absolute atomic E-state index is 0.00776. The van der Waals surface area contributed by atoms with E-state index in [-0.39, 0.29) is 41.7 Å². The van der Waals surface area contributed by atoms with Crippen molar-refractivity contribution in [2.45, 2.75) is 84.1 Å². The van der Waals surface area contributed by atoms with E-state index in [0.29, 0.717) is 30.1 Å². The Bertz CT molecular complexity index is 1330. The van der Waals surface area contributed by atoms with E-state index < -0.39 is 0 Å². The van der Waals surface area contributed by atoms with Gasteiger partial charge in [0.1, 0.15) is 17.4 Å². The largest absolute Gasteiger partial charge is 0.310 e. The number of carbonyl (C=O) groups is 2. The van der Waals surface area contributed by atoms with Gasteiger partial charge >= 0.3 is 0 Å². The summed E-state index contributed by atoms with van der Waals surface area (Å²) in [7, 11) is 0. The SMILES string of the molecule is CC(C)(C)c1cc(CC(=O)Cc2ccc(CCc3ccnc(NC(=O)C4CC4)c3)cc2F)n(CC2CC2)n1. The number of rotatable bonds is 11. The maximum Gasteiger partial charge on any atom is 0.228 e. The third-order valence-electron chi connectivity index (χ3n) is 7.37. The van der Waals surface area contributed by atoms with Gasteiger partial charge in [-0.15, -0.1) is 0 Å². The molecular formula is C31H37FN4O2. The molecule has 0 saturated heterocycles. The lowest BCUT2D eigenvalue weighted by atomic mass is 9.92. The number of ketones is 1. The molecule has 2 heterocycles. The van der Waals surface area contributed by atoms with E-state index in [9.17, 15) is 14.0 Å². The lowest BCUT2D eigenvalue weighted by Gasteiger charge is -2.14. The van der Waals surface area contributed by atoms with Crippen molar-refractivity contribution in [2.24, 2.45) is 11.8 Å². The van der Waals surface area contributed by atoms with Crippen LogP contribution in [0.1, 0.15) is 74.5 Å². The third-order valence-corrected chi connectivity index (χ3v) is 7.37. The fourth-order valence-corrected chi connectivity index (χ4v) is 4.59. The molecule has 1 aromatic carbocycles. The van der Waals surface area contributed by atoms with Crippen molar-refractivity contribution in [1.29, 1.82) is 0 Å². The van der Waals surface area contributed by atoms with Gasteiger partial charge in [-0.05, 0) is 85.4 Å². The average molecular weight is 517 g/mol. The Labute approximate surface area is 224 Å². The van der Waals surface area contributed by atoms with Crippen LogP contribution >= 0.6 is 0 Å². The topological polar surface area (TPSA) is 76.9 Å². The highest BCUT2D eigenvalue weighted by atomic mass is 19.1. The summed E-state index contributed by atoms with van der Waals surface area (Å²) in [5.41, 5.74) is 4.16. The number of anilines is 1. The molecule has 1 amide bonds. The number of pyridine rings is 1. The molecule has 7 heteroatoms. The first-order chi connectivity index (χ1) is 18.1. The van der Waals surface area contributed by atoms with Gasteiger partial charge in [-0.2, -0.15) is 5.10 Å². The van der Waals surface area contributed by atoms with Crippen LogP contribution in [0.3, 0.4) is 0 Å². The van der Waals surface area contributed by atoms with Gasteiger partial charge in [-0.3, -0.25) is 14.3 Å².